The number of nitrogens with one attached hydrogen (secondary N) is 2. The number of carbonyl (C=O) groups excluding carboxylic acids is 2. The number of hydrogen-bond donors (Lipinski definition) is 2. The van der Waals surface area contributed by atoms with Crippen molar-refractivity contribution in [3.8, 4) is 0 Å². The number of aromatic nitrogens is 1. The van der Waals surface area contributed by atoms with E-state index in [1.165, 1.54) is 0 Å². The molecule has 5 nitrogen and oxygen atoms in total. The fraction of sp³-hybridized carbons (Fsp3) is 0.300. The molecule has 0 bridgehead atoms. The SMILES string of the molecule is CCOC(=O)CNC(=O)c1ccc[nH]c1=S. The van der Waals surface area contributed by atoms with Gasteiger partial charge in [-0.05, 0) is 19.1 Å². The number of H-pyrrole nitrogens is 1. The average Bonchev–Trinajstić information content (AvgIpc) is 2.27. The molecule has 0 spiro atoms. The predicted molar refractivity (Wildman–Crippen MR) is 60.6 cm³/mol. The fourth-order valence-electron chi connectivity index (χ4n) is 1.06. The number of amides is 1. The number of carbonyl (C=O) groups is 2. The first-order valence-electron chi connectivity index (χ1n) is 4.76. The van der Waals surface area contributed by atoms with Gasteiger partial charge in [-0.25, -0.2) is 0 Å². The van der Waals surface area contributed by atoms with Crippen LogP contribution in [-0.4, -0.2) is 30.0 Å². The third-order valence-electron chi connectivity index (χ3n) is 1.76. The van der Waals surface area contributed by atoms with Crippen LogP contribution in [0.3, 0.4) is 0 Å². The molecule has 0 aliphatic rings. The predicted octanol–water partition coefficient (Wildman–Crippen LogP) is 1.04. The molecule has 0 aliphatic carbocycles. The van der Waals surface area contributed by atoms with E-state index in [1.807, 2.05) is 0 Å². The maximum atomic E-state index is 11.6. The minimum atomic E-state index is -0.471. The molecule has 6 heteroatoms. The van der Waals surface area contributed by atoms with Crippen molar-refractivity contribution in [2.24, 2.45) is 0 Å². The van der Waals surface area contributed by atoms with Crippen LogP contribution in [0.5, 0.6) is 0 Å². The molecule has 0 saturated heterocycles. The first-order valence-corrected chi connectivity index (χ1v) is 5.17. The van der Waals surface area contributed by atoms with Gasteiger partial charge in [0.15, 0.2) is 0 Å². The van der Waals surface area contributed by atoms with Crippen molar-refractivity contribution < 1.29 is 14.3 Å². The lowest BCUT2D eigenvalue weighted by molar-refractivity contribution is -0.141. The second-order valence-corrected chi connectivity index (χ2v) is 3.31. The molecular formula is C10H12N2O3S. The molecule has 2 N–H and O–H groups in total. The Labute approximate surface area is 97.8 Å². The van der Waals surface area contributed by atoms with Crippen LogP contribution in [0.15, 0.2) is 18.3 Å². The molecule has 1 rings (SSSR count). The Balaban J connectivity index is 2.57. The molecule has 0 unspecified atom stereocenters. The molecule has 1 heterocycles. The summed E-state index contributed by atoms with van der Waals surface area (Å²) in [4.78, 5) is 25.3. The van der Waals surface area contributed by atoms with Crippen molar-refractivity contribution in [2.45, 2.75) is 6.92 Å². The standard InChI is InChI=1S/C10H12N2O3S/c1-2-15-8(13)6-12-9(14)7-4-3-5-11-10(7)16/h3-5H,2,6H2,1H3,(H,11,16)(H,12,14). The van der Waals surface area contributed by atoms with Crippen molar-refractivity contribution in [3.05, 3.63) is 28.5 Å². The zero-order chi connectivity index (χ0) is 12.0. The summed E-state index contributed by atoms with van der Waals surface area (Å²) in [5.41, 5.74) is 0.335. The van der Waals surface area contributed by atoms with E-state index >= 15 is 0 Å². The molecule has 0 radical (unpaired) electrons. The van der Waals surface area contributed by atoms with Gasteiger partial charge in [-0.3, -0.25) is 9.59 Å². The van der Waals surface area contributed by atoms with Crippen LogP contribution in [0.25, 0.3) is 0 Å². The number of rotatable bonds is 4. The molecule has 0 saturated carbocycles. The molecule has 1 aromatic rings. The van der Waals surface area contributed by atoms with Gasteiger partial charge in [-0.15, -0.1) is 0 Å². The van der Waals surface area contributed by atoms with E-state index in [4.69, 9.17) is 12.2 Å². The normalized spacial score (nSPS) is 9.56. The highest BCUT2D eigenvalue weighted by Gasteiger charge is 2.09. The van der Waals surface area contributed by atoms with E-state index in [1.54, 1.807) is 25.3 Å². The number of aromatic amines is 1. The zero-order valence-corrected chi connectivity index (χ0v) is 9.60. The fourth-order valence-corrected chi connectivity index (χ4v) is 1.29. The van der Waals surface area contributed by atoms with E-state index in [-0.39, 0.29) is 6.54 Å². The highest BCUT2D eigenvalue weighted by Crippen LogP contribution is 1.98. The average molecular weight is 240 g/mol. The van der Waals surface area contributed by atoms with Crippen LogP contribution < -0.4 is 5.32 Å². The number of ether oxygens (including phenoxy) is 1. The minimum absolute atomic E-state index is 0.156. The van der Waals surface area contributed by atoms with Crippen molar-refractivity contribution in [1.29, 1.82) is 0 Å². The van der Waals surface area contributed by atoms with Gasteiger partial charge in [-0.2, -0.15) is 0 Å². The first kappa shape index (κ1) is 12.4. The van der Waals surface area contributed by atoms with Gasteiger partial charge in [0.25, 0.3) is 5.91 Å². The van der Waals surface area contributed by atoms with Gasteiger partial charge >= 0.3 is 5.97 Å². The number of hydrogen-bond acceptors (Lipinski definition) is 4. The summed E-state index contributed by atoms with van der Waals surface area (Å²) in [6, 6.07) is 3.24. The highest BCUT2D eigenvalue weighted by atomic mass is 32.1. The molecular weight excluding hydrogens is 228 g/mol. The lowest BCUT2D eigenvalue weighted by Gasteiger charge is -2.04. The number of pyridine rings is 1. The Bertz CT molecular complexity index is 442. The molecule has 1 aromatic heterocycles. The van der Waals surface area contributed by atoms with Gasteiger partial charge in [0.1, 0.15) is 11.2 Å². The lowest BCUT2D eigenvalue weighted by atomic mass is 10.3. The monoisotopic (exact) mass is 240 g/mol. The third-order valence-corrected chi connectivity index (χ3v) is 2.10. The Kier molecular flexibility index (Phi) is 4.65. The second kappa shape index (κ2) is 6.02. The highest BCUT2D eigenvalue weighted by molar-refractivity contribution is 7.71. The summed E-state index contributed by atoms with van der Waals surface area (Å²) >= 11 is 4.93. The van der Waals surface area contributed by atoms with Crippen molar-refractivity contribution >= 4 is 24.1 Å². The molecule has 86 valence electrons. The third kappa shape index (κ3) is 3.47. The Morgan fingerprint density at radius 3 is 2.94 bits per heavy atom. The topological polar surface area (TPSA) is 71.2 Å². The Morgan fingerprint density at radius 1 is 1.56 bits per heavy atom. The maximum absolute atomic E-state index is 11.6. The molecule has 0 aromatic carbocycles. The molecule has 0 fully saturated rings. The van der Waals surface area contributed by atoms with Gasteiger partial charge in [0.2, 0.25) is 0 Å². The smallest absolute Gasteiger partial charge is 0.325 e. The van der Waals surface area contributed by atoms with Gasteiger partial charge in [0.05, 0.1) is 12.2 Å². The van der Waals surface area contributed by atoms with Crippen LogP contribution in [0, 0.1) is 4.64 Å². The first-order chi connectivity index (χ1) is 7.65. The lowest BCUT2D eigenvalue weighted by Crippen LogP contribution is -2.30. The summed E-state index contributed by atoms with van der Waals surface area (Å²) in [6.45, 7) is 1.84. The summed E-state index contributed by atoms with van der Waals surface area (Å²) in [6.07, 6.45) is 1.63. The van der Waals surface area contributed by atoms with E-state index < -0.39 is 11.9 Å². The van der Waals surface area contributed by atoms with Gasteiger partial charge in [-0.1, -0.05) is 12.2 Å². The van der Waals surface area contributed by atoms with Crippen LogP contribution in [0.2, 0.25) is 0 Å². The van der Waals surface area contributed by atoms with Crippen molar-refractivity contribution in [2.75, 3.05) is 13.2 Å². The van der Waals surface area contributed by atoms with E-state index in [0.717, 1.165) is 0 Å². The van der Waals surface area contributed by atoms with Crippen LogP contribution in [0.4, 0.5) is 0 Å². The van der Waals surface area contributed by atoms with Crippen LogP contribution >= 0.6 is 12.2 Å². The Hall–Kier alpha value is -1.69. The second-order valence-electron chi connectivity index (χ2n) is 2.90. The summed E-state index contributed by atoms with van der Waals surface area (Å²) in [7, 11) is 0. The number of esters is 1. The van der Waals surface area contributed by atoms with Crippen molar-refractivity contribution in [1.82, 2.24) is 10.3 Å². The summed E-state index contributed by atoms with van der Waals surface area (Å²) < 4.78 is 5.01. The maximum Gasteiger partial charge on any atom is 0.325 e. The van der Waals surface area contributed by atoms with E-state index in [9.17, 15) is 9.59 Å². The van der Waals surface area contributed by atoms with E-state index in [0.29, 0.717) is 16.8 Å². The molecule has 0 atom stereocenters. The van der Waals surface area contributed by atoms with Gasteiger partial charge < -0.3 is 15.0 Å². The molecule has 1 amide bonds. The summed E-state index contributed by atoms with van der Waals surface area (Å²) in [5.74, 6) is -0.864. The molecule has 16 heavy (non-hydrogen) atoms. The minimum Gasteiger partial charge on any atom is -0.465 e. The largest absolute Gasteiger partial charge is 0.465 e. The zero-order valence-electron chi connectivity index (χ0n) is 8.78. The Morgan fingerprint density at radius 2 is 2.31 bits per heavy atom. The molecule has 0 aliphatic heterocycles. The van der Waals surface area contributed by atoms with Crippen LogP contribution in [-0.2, 0) is 9.53 Å². The summed E-state index contributed by atoms with van der Waals surface area (Å²) in [5, 5.41) is 2.42. The van der Waals surface area contributed by atoms with Crippen LogP contribution in [0.1, 0.15) is 17.3 Å². The quantitative estimate of drug-likeness (QED) is 0.609. The van der Waals surface area contributed by atoms with Gasteiger partial charge in [0, 0.05) is 6.20 Å². The van der Waals surface area contributed by atoms with E-state index in [2.05, 4.69) is 15.0 Å². The van der Waals surface area contributed by atoms with Crippen molar-refractivity contribution in [3.63, 3.8) is 0 Å².